The SMILES string of the molecule is COc1cc(-c2cccnc2)cc(C=O)c1O. The zero-order valence-electron chi connectivity index (χ0n) is 9.25. The fourth-order valence-electron chi connectivity index (χ4n) is 1.58. The van der Waals surface area contributed by atoms with Gasteiger partial charge in [-0.1, -0.05) is 6.07 Å². The van der Waals surface area contributed by atoms with E-state index in [-0.39, 0.29) is 17.1 Å². The number of methoxy groups -OCH3 is 1. The third kappa shape index (κ3) is 2.10. The van der Waals surface area contributed by atoms with E-state index in [2.05, 4.69) is 4.98 Å². The molecule has 17 heavy (non-hydrogen) atoms. The molecule has 0 aliphatic heterocycles. The Labute approximate surface area is 98.5 Å². The molecule has 0 radical (unpaired) electrons. The van der Waals surface area contributed by atoms with Gasteiger partial charge in [-0.25, -0.2) is 0 Å². The van der Waals surface area contributed by atoms with Gasteiger partial charge in [0.15, 0.2) is 17.8 Å². The lowest BCUT2D eigenvalue weighted by molar-refractivity contribution is 0.112. The summed E-state index contributed by atoms with van der Waals surface area (Å²) in [5.41, 5.74) is 1.83. The number of carbonyl (C=O) groups excluding carboxylic acids is 1. The Morgan fingerprint density at radius 2 is 2.18 bits per heavy atom. The van der Waals surface area contributed by atoms with Gasteiger partial charge in [-0.3, -0.25) is 9.78 Å². The molecule has 86 valence electrons. The Kier molecular flexibility index (Phi) is 3.05. The second-order valence-electron chi connectivity index (χ2n) is 3.48. The van der Waals surface area contributed by atoms with Crippen molar-refractivity contribution in [3.05, 3.63) is 42.2 Å². The minimum Gasteiger partial charge on any atom is -0.504 e. The zero-order valence-corrected chi connectivity index (χ0v) is 9.25. The first kappa shape index (κ1) is 11.1. The Hall–Kier alpha value is -2.36. The number of hydrogen-bond acceptors (Lipinski definition) is 4. The van der Waals surface area contributed by atoms with Crippen LogP contribution >= 0.6 is 0 Å². The molecule has 0 aliphatic carbocycles. The number of aldehydes is 1. The summed E-state index contributed by atoms with van der Waals surface area (Å²) in [5, 5.41) is 9.69. The van der Waals surface area contributed by atoms with E-state index < -0.39 is 0 Å². The first-order valence-electron chi connectivity index (χ1n) is 5.03. The predicted octanol–water partition coefficient (Wildman–Crippen LogP) is 2.28. The monoisotopic (exact) mass is 229 g/mol. The molecule has 2 aromatic rings. The Morgan fingerprint density at radius 1 is 1.35 bits per heavy atom. The maximum atomic E-state index is 10.8. The summed E-state index contributed by atoms with van der Waals surface area (Å²) in [6.45, 7) is 0. The molecule has 0 saturated carbocycles. The molecule has 0 atom stereocenters. The highest BCUT2D eigenvalue weighted by Gasteiger charge is 2.10. The molecular weight excluding hydrogens is 218 g/mol. The standard InChI is InChI=1S/C13H11NO3/c1-17-12-6-10(5-11(8-15)13(12)16)9-3-2-4-14-7-9/h2-8,16H,1H3. The molecule has 0 spiro atoms. The van der Waals surface area contributed by atoms with E-state index in [1.807, 2.05) is 6.07 Å². The van der Waals surface area contributed by atoms with Gasteiger partial charge >= 0.3 is 0 Å². The molecule has 2 rings (SSSR count). The minimum absolute atomic E-state index is 0.143. The van der Waals surface area contributed by atoms with E-state index >= 15 is 0 Å². The number of aromatic nitrogens is 1. The number of pyridine rings is 1. The van der Waals surface area contributed by atoms with Gasteiger partial charge in [-0.05, 0) is 23.8 Å². The van der Waals surface area contributed by atoms with Crippen LogP contribution in [0.2, 0.25) is 0 Å². The van der Waals surface area contributed by atoms with Gasteiger partial charge in [0.25, 0.3) is 0 Å². The van der Waals surface area contributed by atoms with Crippen molar-refractivity contribution in [3.8, 4) is 22.6 Å². The summed E-state index contributed by atoms with van der Waals surface area (Å²) in [7, 11) is 1.44. The maximum Gasteiger partial charge on any atom is 0.168 e. The Morgan fingerprint density at radius 3 is 2.76 bits per heavy atom. The first-order valence-corrected chi connectivity index (χ1v) is 5.03. The number of phenols is 1. The highest BCUT2D eigenvalue weighted by molar-refractivity contribution is 5.85. The van der Waals surface area contributed by atoms with Gasteiger partial charge < -0.3 is 9.84 Å². The van der Waals surface area contributed by atoms with Crippen molar-refractivity contribution in [2.45, 2.75) is 0 Å². The van der Waals surface area contributed by atoms with Gasteiger partial charge in [0.2, 0.25) is 0 Å². The molecule has 0 saturated heterocycles. The topological polar surface area (TPSA) is 59.4 Å². The molecule has 4 heteroatoms. The maximum absolute atomic E-state index is 10.8. The number of hydrogen-bond donors (Lipinski definition) is 1. The molecule has 0 amide bonds. The van der Waals surface area contributed by atoms with Crippen LogP contribution in [0.4, 0.5) is 0 Å². The van der Waals surface area contributed by atoms with E-state index in [1.165, 1.54) is 7.11 Å². The van der Waals surface area contributed by atoms with Crippen LogP contribution in [0.3, 0.4) is 0 Å². The number of benzene rings is 1. The molecule has 0 fully saturated rings. The van der Waals surface area contributed by atoms with E-state index in [9.17, 15) is 9.90 Å². The first-order chi connectivity index (χ1) is 8.26. The van der Waals surface area contributed by atoms with Crippen molar-refractivity contribution in [2.24, 2.45) is 0 Å². The Bertz CT molecular complexity index is 538. The highest BCUT2D eigenvalue weighted by Crippen LogP contribution is 2.34. The van der Waals surface area contributed by atoms with Gasteiger partial charge in [0, 0.05) is 18.0 Å². The lowest BCUT2D eigenvalue weighted by Crippen LogP contribution is -1.91. The quantitative estimate of drug-likeness (QED) is 0.820. The number of ether oxygens (including phenoxy) is 1. The van der Waals surface area contributed by atoms with Crippen molar-refractivity contribution < 1.29 is 14.6 Å². The van der Waals surface area contributed by atoms with Crippen LogP contribution < -0.4 is 4.74 Å². The smallest absolute Gasteiger partial charge is 0.168 e. The summed E-state index contributed by atoms with van der Waals surface area (Å²) in [4.78, 5) is 14.9. The van der Waals surface area contributed by atoms with Crippen LogP contribution in [0.25, 0.3) is 11.1 Å². The molecule has 0 unspecified atom stereocenters. The largest absolute Gasteiger partial charge is 0.504 e. The molecule has 4 nitrogen and oxygen atoms in total. The van der Waals surface area contributed by atoms with Gasteiger partial charge in [0.05, 0.1) is 12.7 Å². The van der Waals surface area contributed by atoms with E-state index in [0.717, 1.165) is 11.1 Å². The fourth-order valence-corrected chi connectivity index (χ4v) is 1.58. The van der Waals surface area contributed by atoms with Gasteiger partial charge in [-0.15, -0.1) is 0 Å². The summed E-state index contributed by atoms with van der Waals surface area (Å²) < 4.78 is 5.02. The highest BCUT2D eigenvalue weighted by atomic mass is 16.5. The van der Waals surface area contributed by atoms with E-state index in [1.54, 1.807) is 30.6 Å². The minimum atomic E-state index is -0.143. The Balaban J connectivity index is 2.60. The lowest BCUT2D eigenvalue weighted by Gasteiger charge is -2.08. The van der Waals surface area contributed by atoms with Gasteiger partial charge in [0.1, 0.15) is 0 Å². The number of rotatable bonds is 3. The molecular formula is C13H11NO3. The van der Waals surface area contributed by atoms with Crippen molar-refractivity contribution in [1.82, 2.24) is 4.98 Å². The third-order valence-corrected chi connectivity index (χ3v) is 2.45. The van der Waals surface area contributed by atoms with Crippen LogP contribution in [0.15, 0.2) is 36.7 Å². The fraction of sp³-hybridized carbons (Fsp3) is 0.0769. The molecule has 0 aliphatic rings. The molecule has 1 aromatic carbocycles. The molecule has 0 bridgehead atoms. The second-order valence-corrected chi connectivity index (χ2v) is 3.48. The number of carbonyl (C=O) groups is 1. The average molecular weight is 229 g/mol. The molecule has 1 heterocycles. The van der Waals surface area contributed by atoms with Crippen molar-refractivity contribution in [3.63, 3.8) is 0 Å². The number of phenolic OH excluding ortho intramolecular Hbond substituents is 1. The number of nitrogens with zero attached hydrogens (tertiary/aromatic N) is 1. The number of aromatic hydroxyl groups is 1. The van der Waals surface area contributed by atoms with Crippen LogP contribution in [0.1, 0.15) is 10.4 Å². The van der Waals surface area contributed by atoms with Crippen LogP contribution in [0.5, 0.6) is 11.5 Å². The zero-order chi connectivity index (χ0) is 12.3. The second kappa shape index (κ2) is 4.65. The summed E-state index contributed by atoms with van der Waals surface area (Å²) in [6.07, 6.45) is 3.94. The van der Waals surface area contributed by atoms with E-state index in [0.29, 0.717) is 6.29 Å². The third-order valence-electron chi connectivity index (χ3n) is 2.45. The van der Waals surface area contributed by atoms with Crippen molar-refractivity contribution in [1.29, 1.82) is 0 Å². The summed E-state index contributed by atoms with van der Waals surface area (Å²) in [5.74, 6) is 0.128. The van der Waals surface area contributed by atoms with Crippen LogP contribution in [-0.2, 0) is 0 Å². The predicted molar refractivity (Wildman–Crippen MR) is 63.3 cm³/mol. The van der Waals surface area contributed by atoms with Crippen LogP contribution in [0, 0.1) is 0 Å². The normalized spacial score (nSPS) is 9.94. The average Bonchev–Trinajstić information content (AvgIpc) is 2.40. The molecule has 1 aromatic heterocycles. The lowest BCUT2D eigenvalue weighted by atomic mass is 10.0. The van der Waals surface area contributed by atoms with Gasteiger partial charge in [-0.2, -0.15) is 0 Å². The molecule has 1 N–H and O–H groups in total. The van der Waals surface area contributed by atoms with E-state index in [4.69, 9.17) is 4.74 Å². The summed E-state index contributed by atoms with van der Waals surface area (Å²) in [6, 6.07) is 6.93. The van der Waals surface area contributed by atoms with Crippen LogP contribution in [-0.4, -0.2) is 23.5 Å². The van der Waals surface area contributed by atoms with Crippen molar-refractivity contribution >= 4 is 6.29 Å². The summed E-state index contributed by atoms with van der Waals surface area (Å²) >= 11 is 0. The van der Waals surface area contributed by atoms with Crippen molar-refractivity contribution in [2.75, 3.05) is 7.11 Å².